The molecule has 0 saturated carbocycles. The molecule has 2 rings (SSSR count). The molecule has 1 aromatic heterocycles. The third-order valence-electron chi connectivity index (χ3n) is 3.94. The zero-order chi connectivity index (χ0) is 18.6. The molecule has 0 bridgehead atoms. The van der Waals surface area contributed by atoms with Gasteiger partial charge in [-0.15, -0.1) is 0 Å². The summed E-state index contributed by atoms with van der Waals surface area (Å²) < 4.78 is 10.6. The van der Waals surface area contributed by atoms with Crippen LogP contribution in [-0.4, -0.2) is 53.6 Å². The van der Waals surface area contributed by atoms with Crippen LogP contribution < -0.4 is 10.1 Å². The quantitative estimate of drug-likeness (QED) is 0.841. The van der Waals surface area contributed by atoms with Gasteiger partial charge in [0, 0.05) is 32.1 Å². The van der Waals surface area contributed by atoms with Crippen LogP contribution in [0.15, 0.2) is 12.1 Å². The van der Waals surface area contributed by atoms with Gasteiger partial charge in [0.25, 0.3) is 0 Å². The van der Waals surface area contributed by atoms with E-state index in [4.69, 9.17) is 9.47 Å². The van der Waals surface area contributed by atoms with E-state index in [2.05, 4.69) is 10.3 Å². The second-order valence-electron chi connectivity index (χ2n) is 7.21. The Labute approximate surface area is 148 Å². The molecule has 0 atom stereocenters. The molecular weight excluding hydrogens is 322 g/mol. The molecule has 0 aromatic carbocycles. The SMILES string of the molecule is COc1cc(C(=O)OC(C)(C)C)cc(NC2CCN(C(C)=O)CC2)n1. The van der Waals surface area contributed by atoms with Crippen molar-refractivity contribution in [3.63, 3.8) is 0 Å². The molecule has 1 fully saturated rings. The number of anilines is 1. The largest absolute Gasteiger partial charge is 0.481 e. The molecule has 1 aromatic rings. The number of nitrogens with zero attached hydrogens (tertiary/aromatic N) is 2. The highest BCUT2D eigenvalue weighted by molar-refractivity contribution is 5.91. The number of esters is 1. The summed E-state index contributed by atoms with van der Waals surface area (Å²) in [7, 11) is 1.51. The minimum Gasteiger partial charge on any atom is -0.481 e. The Morgan fingerprint density at radius 1 is 1.24 bits per heavy atom. The van der Waals surface area contributed by atoms with Crippen molar-refractivity contribution in [2.75, 3.05) is 25.5 Å². The van der Waals surface area contributed by atoms with Crippen LogP contribution in [-0.2, 0) is 9.53 Å². The van der Waals surface area contributed by atoms with Crippen LogP contribution in [0.3, 0.4) is 0 Å². The maximum absolute atomic E-state index is 12.3. The first-order chi connectivity index (χ1) is 11.7. The molecule has 0 radical (unpaired) electrons. The van der Waals surface area contributed by atoms with Crippen molar-refractivity contribution in [1.82, 2.24) is 9.88 Å². The number of ether oxygens (including phenoxy) is 2. The Bertz CT molecular complexity index is 632. The first kappa shape index (κ1) is 19.0. The van der Waals surface area contributed by atoms with Gasteiger partial charge < -0.3 is 19.7 Å². The van der Waals surface area contributed by atoms with Crippen molar-refractivity contribution in [2.24, 2.45) is 0 Å². The number of hydrogen-bond acceptors (Lipinski definition) is 6. The number of likely N-dealkylation sites (tertiary alicyclic amines) is 1. The number of methoxy groups -OCH3 is 1. The standard InChI is InChI=1S/C18H27N3O4/c1-12(22)21-8-6-14(7-9-21)19-15-10-13(11-16(20-15)24-5)17(23)25-18(2,3)4/h10-11,14H,6-9H2,1-5H3,(H,19,20). The van der Waals surface area contributed by atoms with E-state index in [-0.39, 0.29) is 11.9 Å². The number of amides is 1. The minimum atomic E-state index is -0.569. The van der Waals surface area contributed by atoms with Crippen molar-refractivity contribution in [1.29, 1.82) is 0 Å². The van der Waals surface area contributed by atoms with Gasteiger partial charge in [-0.3, -0.25) is 4.79 Å². The van der Waals surface area contributed by atoms with Gasteiger partial charge in [0.1, 0.15) is 11.4 Å². The monoisotopic (exact) mass is 349 g/mol. The summed E-state index contributed by atoms with van der Waals surface area (Å²) in [6, 6.07) is 3.44. The van der Waals surface area contributed by atoms with E-state index in [1.54, 1.807) is 19.1 Å². The molecule has 138 valence electrons. The number of nitrogens with one attached hydrogen (secondary N) is 1. The van der Waals surface area contributed by atoms with Gasteiger partial charge in [-0.05, 0) is 39.7 Å². The fourth-order valence-corrected chi connectivity index (χ4v) is 2.69. The van der Waals surface area contributed by atoms with Crippen LogP contribution in [0.2, 0.25) is 0 Å². The van der Waals surface area contributed by atoms with E-state index in [9.17, 15) is 9.59 Å². The normalized spacial score (nSPS) is 15.6. The van der Waals surface area contributed by atoms with Gasteiger partial charge in [0.2, 0.25) is 11.8 Å². The first-order valence-electron chi connectivity index (χ1n) is 8.49. The maximum atomic E-state index is 12.3. The van der Waals surface area contributed by atoms with Crippen molar-refractivity contribution < 1.29 is 19.1 Å². The Morgan fingerprint density at radius 2 is 1.88 bits per heavy atom. The zero-order valence-electron chi connectivity index (χ0n) is 15.6. The van der Waals surface area contributed by atoms with Gasteiger partial charge in [-0.1, -0.05) is 0 Å². The Morgan fingerprint density at radius 3 is 2.40 bits per heavy atom. The van der Waals surface area contributed by atoms with E-state index in [0.29, 0.717) is 17.3 Å². The lowest BCUT2D eigenvalue weighted by molar-refractivity contribution is -0.129. The van der Waals surface area contributed by atoms with E-state index < -0.39 is 11.6 Å². The molecule has 25 heavy (non-hydrogen) atoms. The van der Waals surface area contributed by atoms with Crippen LogP contribution >= 0.6 is 0 Å². The third kappa shape index (κ3) is 5.62. The third-order valence-corrected chi connectivity index (χ3v) is 3.94. The number of carbonyl (C=O) groups is 2. The first-order valence-corrected chi connectivity index (χ1v) is 8.49. The Kier molecular flexibility index (Phi) is 5.87. The highest BCUT2D eigenvalue weighted by Crippen LogP contribution is 2.22. The molecule has 1 aliphatic heterocycles. The van der Waals surface area contributed by atoms with Crippen molar-refractivity contribution in [3.05, 3.63) is 17.7 Å². The topological polar surface area (TPSA) is 80.8 Å². The molecule has 1 amide bonds. The van der Waals surface area contributed by atoms with Crippen LogP contribution in [0, 0.1) is 0 Å². The predicted octanol–water partition coefficient (Wildman–Crippen LogP) is 2.47. The number of pyridine rings is 1. The summed E-state index contributed by atoms with van der Waals surface area (Å²) >= 11 is 0. The second-order valence-corrected chi connectivity index (χ2v) is 7.21. The Balaban J connectivity index is 2.09. The van der Waals surface area contributed by atoms with E-state index in [1.807, 2.05) is 25.7 Å². The molecule has 7 nitrogen and oxygen atoms in total. The van der Waals surface area contributed by atoms with Gasteiger partial charge in [0.15, 0.2) is 0 Å². The molecule has 1 saturated heterocycles. The average Bonchev–Trinajstić information content (AvgIpc) is 2.53. The fraction of sp³-hybridized carbons (Fsp3) is 0.611. The lowest BCUT2D eigenvalue weighted by Gasteiger charge is -2.32. The van der Waals surface area contributed by atoms with Crippen LogP contribution in [0.1, 0.15) is 50.9 Å². The predicted molar refractivity (Wildman–Crippen MR) is 94.9 cm³/mol. The molecule has 0 unspecified atom stereocenters. The molecule has 1 aliphatic rings. The van der Waals surface area contributed by atoms with E-state index in [0.717, 1.165) is 25.9 Å². The number of aromatic nitrogens is 1. The summed E-state index contributed by atoms with van der Waals surface area (Å²) in [6.07, 6.45) is 1.67. The second kappa shape index (κ2) is 7.72. The summed E-state index contributed by atoms with van der Waals surface area (Å²) in [5, 5.41) is 3.34. The number of piperidine rings is 1. The van der Waals surface area contributed by atoms with Gasteiger partial charge in [0.05, 0.1) is 12.7 Å². The van der Waals surface area contributed by atoms with Crippen LogP contribution in [0.4, 0.5) is 5.82 Å². The van der Waals surface area contributed by atoms with Gasteiger partial charge in [-0.2, -0.15) is 4.98 Å². The molecule has 2 heterocycles. The molecule has 0 spiro atoms. The number of rotatable bonds is 4. The van der Waals surface area contributed by atoms with Crippen LogP contribution in [0.5, 0.6) is 5.88 Å². The van der Waals surface area contributed by atoms with Gasteiger partial charge in [-0.25, -0.2) is 4.79 Å². The minimum absolute atomic E-state index is 0.102. The van der Waals surface area contributed by atoms with Crippen molar-refractivity contribution in [2.45, 2.75) is 52.2 Å². The number of hydrogen-bond donors (Lipinski definition) is 1. The van der Waals surface area contributed by atoms with Crippen LogP contribution in [0.25, 0.3) is 0 Å². The maximum Gasteiger partial charge on any atom is 0.338 e. The summed E-state index contributed by atoms with van der Waals surface area (Å²) in [5.41, 5.74) is -0.175. The highest BCUT2D eigenvalue weighted by atomic mass is 16.6. The van der Waals surface area contributed by atoms with E-state index in [1.165, 1.54) is 7.11 Å². The lowest BCUT2D eigenvalue weighted by atomic mass is 10.0. The Hall–Kier alpha value is -2.31. The lowest BCUT2D eigenvalue weighted by Crippen LogP contribution is -2.41. The average molecular weight is 349 g/mol. The molecular formula is C18H27N3O4. The molecule has 7 heteroatoms. The zero-order valence-corrected chi connectivity index (χ0v) is 15.6. The highest BCUT2D eigenvalue weighted by Gasteiger charge is 2.23. The summed E-state index contributed by atoms with van der Waals surface area (Å²) in [6.45, 7) is 8.50. The molecule has 1 N–H and O–H groups in total. The molecule has 0 aliphatic carbocycles. The van der Waals surface area contributed by atoms with Gasteiger partial charge >= 0.3 is 5.97 Å². The smallest absolute Gasteiger partial charge is 0.338 e. The summed E-state index contributed by atoms with van der Waals surface area (Å²) in [5.74, 6) is 0.612. The van der Waals surface area contributed by atoms with Crippen molar-refractivity contribution in [3.8, 4) is 5.88 Å². The number of carbonyl (C=O) groups excluding carboxylic acids is 2. The summed E-state index contributed by atoms with van der Waals surface area (Å²) in [4.78, 5) is 29.9. The van der Waals surface area contributed by atoms with E-state index >= 15 is 0 Å². The van der Waals surface area contributed by atoms with Crippen molar-refractivity contribution >= 4 is 17.7 Å². The fourth-order valence-electron chi connectivity index (χ4n) is 2.69.